The van der Waals surface area contributed by atoms with Gasteiger partial charge in [-0.2, -0.15) is 0 Å². The number of hydrogen-bond acceptors (Lipinski definition) is 4. The first-order chi connectivity index (χ1) is 11.1. The van der Waals surface area contributed by atoms with E-state index in [-0.39, 0.29) is 0 Å². The molecule has 1 aliphatic rings. The molecule has 0 fully saturated rings. The van der Waals surface area contributed by atoms with Gasteiger partial charge in [0.1, 0.15) is 5.82 Å². The summed E-state index contributed by atoms with van der Waals surface area (Å²) in [5, 5.41) is 11.9. The summed E-state index contributed by atoms with van der Waals surface area (Å²) in [6.07, 6.45) is 6.78. The van der Waals surface area contributed by atoms with Crippen LogP contribution in [0.5, 0.6) is 0 Å². The molecule has 122 valence electrons. The highest BCUT2D eigenvalue weighted by Crippen LogP contribution is 2.19. The molecule has 5 nitrogen and oxygen atoms in total. The van der Waals surface area contributed by atoms with Gasteiger partial charge >= 0.3 is 5.97 Å². The first kappa shape index (κ1) is 17.0. The number of carboxylic acid groups (broad SMARTS) is 1. The Labute approximate surface area is 137 Å². The predicted molar refractivity (Wildman–Crippen MR) is 93.5 cm³/mol. The highest BCUT2D eigenvalue weighted by Gasteiger charge is 2.12. The molecule has 23 heavy (non-hydrogen) atoms. The minimum absolute atomic E-state index is 0.868. The number of carboxylic acids is 1. The predicted octanol–water partition coefficient (Wildman–Crippen LogP) is 2.36. The maximum absolute atomic E-state index is 10.6. The molecule has 0 unspecified atom stereocenters. The number of nitrogens with zero attached hydrogens (tertiary/aromatic N) is 2. The summed E-state index contributed by atoms with van der Waals surface area (Å²) in [4.78, 5) is 17.6. The van der Waals surface area contributed by atoms with Crippen LogP contribution < -0.4 is 5.32 Å². The lowest BCUT2D eigenvalue weighted by Gasteiger charge is -2.23. The number of aliphatic imine (C=N–C) groups is 1. The van der Waals surface area contributed by atoms with Gasteiger partial charge in [-0.3, -0.25) is 0 Å². The third kappa shape index (κ3) is 5.07. The Bertz CT molecular complexity index is 647. The Morgan fingerprint density at radius 1 is 1.48 bits per heavy atom. The third-order valence-electron chi connectivity index (χ3n) is 3.68. The first-order valence-electron chi connectivity index (χ1n) is 7.75. The first-order valence-corrected chi connectivity index (χ1v) is 7.75. The monoisotopic (exact) mass is 313 g/mol. The number of aliphatic carboxylic acids is 1. The van der Waals surface area contributed by atoms with E-state index in [2.05, 4.69) is 16.3 Å². The van der Waals surface area contributed by atoms with Crippen LogP contribution in [0.4, 0.5) is 0 Å². The van der Waals surface area contributed by atoms with Gasteiger partial charge in [0.05, 0.1) is 5.71 Å². The largest absolute Gasteiger partial charge is 0.478 e. The van der Waals surface area contributed by atoms with E-state index in [1.807, 2.05) is 38.4 Å². The Morgan fingerprint density at radius 2 is 2.30 bits per heavy atom. The van der Waals surface area contributed by atoms with Gasteiger partial charge < -0.3 is 15.3 Å². The lowest BCUT2D eigenvalue weighted by molar-refractivity contribution is -0.131. The van der Waals surface area contributed by atoms with Crippen LogP contribution in [0.1, 0.15) is 24.0 Å². The molecule has 5 heteroatoms. The van der Waals surface area contributed by atoms with Crippen molar-refractivity contribution < 1.29 is 9.90 Å². The fourth-order valence-corrected chi connectivity index (χ4v) is 2.41. The number of benzene rings is 1. The van der Waals surface area contributed by atoms with Gasteiger partial charge in [0.25, 0.3) is 0 Å². The second kappa shape index (κ2) is 8.29. The molecule has 0 atom stereocenters. The van der Waals surface area contributed by atoms with Crippen LogP contribution in [0.2, 0.25) is 0 Å². The van der Waals surface area contributed by atoms with Crippen molar-refractivity contribution in [1.29, 1.82) is 0 Å². The van der Waals surface area contributed by atoms with Crippen molar-refractivity contribution >= 4 is 17.8 Å². The molecule has 0 saturated carbocycles. The average Bonchev–Trinajstić information content (AvgIpc) is 2.58. The van der Waals surface area contributed by atoms with E-state index < -0.39 is 5.97 Å². The lowest BCUT2D eigenvalue weighted by atomic mass is 10.0. The van der Waals surface area contributed by atoms with E-state index in [0.717, 1.165) is 54.7 Å². The van der Waals surface area contributed by atoms with Crippen molar-refractivity contribution in [1.82, 2.24) is 10.2 Å². The molecule has 2 rings (SSSR count). The van der Waals surface area contributed by atoms with Crippen LogP contribution in [-0.4, -0.2) is 48.9 Å². The van der Waals surface area contributed by atoms with Gasteiger partial charge in [-0.25, -0.2) is 9.79 Å². The van der Waals surface area contributed by atoms with E-state index in [9.17, 15) is 4.79 Å². The SMILES string of the molecule is CNCCN(C)C1=CCCC(c2cccc(/C=C/C(=O)O)c2)=N1. The number of nitrogens with one attached hydrogen (secondary N) is 1. The van der Waals surface area contributed by atoms with Crippen molar-refractivity contribution in [3.63, 3.8) is 0 Å². The Kier molecular flexibility index (Phi) is 6.11. The Morgan fingerprint density at radius 3 is 3.04 bits per heavy atom. The molecule has 0 aromatic heterocycles. The molecule has 2 N–H and O–H groups in total. The average molecular weight is 313 g/mol. The molecule has 1 aliphatic heterocycles. The second-order valence-electron chi connectivity index (χ2n) is 5.48. The topological polar surface area (TPSA) is 64.9 Å². The zero-order valence-corrected chi connectivity index (χ0v) is 13.6. The fourth-order valence-electron chi connectivity index (χ4n) is 2.41. The van der Waals surface area contributed by atoms with E-state index in [1.54, 1.807) is 6.08 Å². The van der Waals surface area contributed by atoms with E-state index in [1.165, 1.54) is 0 Å². The van der Waals surface area contributed by atoms with Crippen molar-refractivity contribution in [2.45, 2.75) is 12.8 Å². The highest BCUT2D eigenvalue weighted by molar-refractivity contribution is 6.02. The van der Waals surface area contributed by atoms with Gasteiger partial charge in [0.15, 0.2) is 0 Å². The van der Waals surface area contributed by atoms with Crippen LogP contribution in [0, 0.1) is 0 Å². The summed E-state index contributed by atoms with van der Waals surface area (Å²) in [7, 11) is 3.98. The number of carbonyl (C=O) groups is 1. The minimum Gasteiger partial charge on any atom is -0.478 e. The van der Waals surface area contributed by atoms with Crippen molar-refractivity contribution in [3.8, 4) is 0 Å². The van der Waals surface area contributed by atoms with Crippen LogP contribution in [0.25, 0.3) is 6.08 Å². The van der Waals surface area contributed by atoms with Gasteiger partial charge in [-0.1, -0.05) is 18.2 Å². The van der Waals surface area contributed by atoms with Crippen LogP contribution in [0.15, 0.2) is 47.2 Å². The standard InChI is InChI=1S/C18H23N3O2/c1-19-11-12-21(2)17-8-4-7-16(20-17)15-6-3-5-14(13-15)9-10-18(22)23/h3,5-6,8-10,13,19H,4,7,11-12H2,1-2H3,(H,22,23)/b10-9+. The maximum atomic E-state index is 10.6. The summed E-state index contributed by atoms with van der Waals surface area (Å²) in [6.45, 7) is 1.81. The van der Waals surface area contributed by atoms with Gasteiger partial charge in [-0.05, 0) is 49.2 Å². The number of hydrogen-bond donors (Lipinski definition) is 2. The summed E-state index contributed by atoms with van der Waals surface area (Å²) in [6, 6.07) is 7.83. The smallest absolute Gasteiger partial charge is 0.328 e. The summed E-state index contributed by atoms with van der Waals surface area (Å²) in [5.41, 5.74) is 2.96. The molecule has 0 radical (unpaired) electrons. The quantitative estimate of drug-likeness (QED) is 0.759. The number of allylic oxidation sites excluding steroid dienone is 1. The van der Waals surface area contributed by atoms with Gasteiger partial charge in [0.2, 0.25) is 0 Å². The third-order valence-corrected chi connectivity index (χ3v) is 3.68. The van der Waals surface area contributed by atoms with E-state index in [4.69, 9.17) is 10.1 Å². The maximum Gasteiger partial charge on any atom is 0.328 e. The van der Waals surface area contributed by atoms with Crippen molar-refractivity contribution in [2.75, 3.05) is 27.2 Å². The van der Waals surface area contributed by atoms with Gasteiger partial charge in [0, 0.05) is 26.2 Å². The molecule has 0 amide bonds. The van der Waals surface area contributed by atoms with Gasteiger partial charge in [-0.15, -0.1) is 0 Å². The zero-order chi connectivity index (χ0) is 16.7. The second-order valence-corrected chi connectivity index (χ2v) is 5.48. The number of likely N-dealkylation sites (N-methyl/N-ethyl adjacent to an activating group) is 2. The number of rotatable bonds is 7. The highest BCUT2D eigenvalue weighted by atomic mass is 16.4. The zero-order valence-electron chi connectivity index (χ0n) is 13.6. The normalized spacial score (nSPS) is 14.5. The van der Waals surface area contributed by atoms with Crippen LogP contribution in [0.3, 0.4) is 0 Å². The molecular formula is C18H23N3O2. The molecule has 0 bridgehead atoms. The summed E-state index contributed by atoms with van der Waals surface area (Å²) < 4.78 is 0. The summed E-state index contributed by atoms with van der Waals surface area (Å²) >= 11 is 0. The molecular weight excluding hydrogens is 290 g/mol. The molecule has 0 saturated heterocycles. The van der Waals surface area contributed by atoms with Crippen LogP contribution in [-0.2, 0) is 4.79 Å². The molecule has 1 aromatic rings. The molecule has 0 spiro atoms. The Hall–Kier alpha value is -2.40. The fraction of sp³-hybridized carbons (Fsp3) is 0.333. The lowest BCUT2D eigenvalue weighted by Crippen LogP contribution is -2.27. The minimum atomic E-state index is -0.943. The van der Waals surface area contributed by atoms with E-state index >= 15 is 0 Å². The molecule has 0 aliphatic carbocycles. The van der Waals surface area contributed by atoms with Crippen molar-refractivity contribution in [3.05, 3.63) is 53.4 Å². The van der Waals surface area contributed by atoms with E-state index in [0.29, 0.717) is 0 Å². The molecule has 1 heterocycles. The molecule has 1 aromatic carbocycles. The Balaban J connectivity index is 2.17. The van der Waals surface area contributed by atoms with Crippen LogP contribution >= 0.6 is 0 Å². The summed E-state index contributed by atoms with van der Waals surface area (Å²) in [5.74, 6) is 0.0507. The van der Waals surface area contributed by atoms with Crippen molar-refractivity contribution in [2.24, 2.45) is 4.99 Å².